The number of piperidine rings is 1. The minimum atomic E-state index is 0.0362. The van der Waals surface area contributed by atoms with Gasteiger partial charge in [0.1, 0.15) is 11.8 Å². The van der Waals surface area contributed by atoms with Crippen LogP contribution in [-0.4, -0.2) is 32.1 Å². The van der Waals surface area contributed by atoms with Crippen LogP contribution in [-0.2, 0) is 11.2 Å². The standard InChI is InChI=1S/C21H23N3O2/c1-26-19-7-4-5-16(13-19)14-21(25)23-18-9-11-24(12-10-18)20-8-3-2-6-17(20)15-22/h2-8,13,18H,9-12,14H2,1H3,(H,23,25). The quantitative estimate of drug-likeness (QED) is 0.901. The summed E-state index contributed by atoms with van der Waals surface area (Å²) in [5.74, 6) is 0.800. The zero-order valence-corrected chi connectivity index (χ0v) is 14.9. The molecule has 0 spiro atoms. The van der Waals surface area contributed by atoms with Crippen LogP contribution in [0.4, 0.5) is 5.69 Å². The lowest BCUT2D eigenvalue weighted by Gasteiger charge is -2.34. The van der Waals surface area contributed by atoms with Gasteiger partial charge < -0.3 is 15.0 Å². The van der Waals surface area contributed by atoms with Crippen molar-refractivity contribution in [2.45, 2.75) is 25.3 Å². The van der Waals surface area contributed by atoms with Gasteiger partial charge in [-0.2, -0.15) is 5.26 Å². The summed E-state index contributed by atoms with van der Waals surface area (Å²) in [6, 6.07) is 17.7. The van der Waals surface area contributed by atoms with Gasteiger partial charge in [0.25, 0.3) is 0 Å². The molecule has 2 aromatic carbocycles. The summed E-state index contributed by atoms with van der Waals surface area (Å²) in [5, 5.41) is 12.4. The van der Waals surface area contributed by atoms with Gasteiger partial charge in [0.05, 0.1) is 24.8 Å². The first-order chi connectivity index (χ1) is 12.7. The van der Waals surface area contributed by atoms with Gasteiger partial charge in [0.15, 0.2) is 0 Å². The molecule has 1 heterocycles. The van der Waals surface area contributed by atoms with Crippen molar-refractivity contribution in [3.8, 4) is 11.8 Å². The number of anilines is 1. The minimum absolute atomic E-state index is 0.0362. The van der Waals surface area contributed by atoms with E-state index in [4.69, 9.17) is 4.74 Å². The number of rotatable bonds is 5. The first-order valence-electron chi connectivity index (χ1n) is 8.86. The lowest BCUT2D eigenvalue weighted by atomic mass is 10.0. The fraction of sp³-hybridized carbons (Fsp3) is 0.333. The summed E-state index contributed by atoms with van der Waals surface area (Å²) in [6.45, 7) is 1.67. The van der Waals surface area contributed by atoms with Crippen LogP contribution < -0.4 is 15.0 Å². The van der Waals surface area contributed by atoms with Crippen LogP contribution in [0.15, 0.2) is 48.5 Å². The molecule has 1 amide bonds. The highest BCUT2D eigenvalue weighted by Gasteiger charge is 2.22. The molecule has 5 heteroatoms. The molecule has 0 aliphatic carbocycles. The summed E-state index contributed by atoms with van der Waals surface area (Å²) in [6.07, 6.45) is 2.11. The van der Waals surface area contributed by atoms with Crippen LogP contribution >= 0.6 is 0 Å². The molecule has 134 valence electrons. The predicted octanol–water partition coefficient (Wildman–Crippen LogP) is 2.89. The molecule has 2 aromatic rings. The second-order valence-electron chi connectivity index (χ2n) is 6.49. The molecule has 1 aliphatic rings. The summed E-state index contributed by atoms with van der Waals surface area (Å²) < 4.78 is 5.20. The molecule has 1 fully saturated rings. The monoisotopic (exact) mass is 349 g/mol. The number of para-hydroxylation sites is 1. The molecule has 1 aliphatic heterocycles. The van der Waals surface area contributed by atoms with E-state index >= 15 is 0 Å². The topological polar surface area (TPSA) is 65.4 Å². The van der Waals surface area contributed by atoms with E-state index in [1.807, 2.05) is 48.5 Å². The first-order valence-corrected chi connectivity index (χ1v) is 8.86. The van der Waals surface area contributed by atoms with E-state index in [0.717, 1.165) is 42.9 Å². The Hall–Kier alpha value is -3.00. The Morgan fingerprint density at radius 3 is 2.73 bits per heavy atom. The van der Waals surface area contributed by atoms with Gasteiger partial charge >= 0.3 is 0 Å². The Kier molecular flexibility index (Phi) is 5.75. The minimum Gasteiger partial charge on any atom is -0.497 e. The van der Waals surface area contributed by atoms with E-state index in [-0.39, 0.29) is 11.9 Å². The number of nitrogens with zero attached hydrogens (tertiary/aromatic N) is 2. The molecule has 1 N–H and O–H groups in total. The number of methoxy groups -OCH3 is 1. The SMILES string of the molecule is COc1cccc(CC(=O)NC2CCN(c3ccccc3C#N)CC2)c1. The maximum Gasteiger partial charge on any atom is 0.224 e. The second kappa shape index (κ2) is 8.39. The number of hydrogen-bond acceptors (Lipinski definition) is 4. The van der Waals surface area contributed by atoms with Crippen LogP contribution in [0, 0.1) is 11.3 Å². The summed E-state index contributed by atoms with van der Waals surface area (Å²) in [7, 11) is 1.62. The van der Waals surface area contributed by atoms with Crippen molar-refractivity contribution in [3.63, 3.8) is 0 Å². The smallest absolute Gasteiger partial charge is 0.224 e. The molecule has 0 aromatic heterocycles. The van der Waals surface area contributed by atoms with Crippen molar-refractivity contribution in [2.24, 2.45) is 0 Å². The van der Waals surface area contributed by atoms with Gasteiger partial charge in [-0.1, -0.05) is 24.3 Å². The number of hydrogen-bond donors (Lipinski definition) is 1. The Morgan fingerprint density at radius 2 is 2.00 bits per heavy atom. The van der Waals surface area contributed by atoms with E-state index in [9.17, 15) is 10.1 Å². The van der Waals surface area contributed by atoms with E-state index in [0.29, 0.717) is 12.0 Å². The molecule has 0 atom stereocenters. The first kappa shape index (κ1) is 17.8. The molecule has 0 saturated carbocycles. The van der Waals surface area contributed by atoms with Gasteiger partial charge in [-0.15, -0.1) is 0 Å². The van der Waals surface area contributed by atoms with Gasteiger partial charge in [0.2, 0.25) is 5.91 Å². The number of carbonyl (C=O) groups excluding carboxylic acids is 1. The van der Waals surface area contributed by atoms with Gasteiger partial charge in [-0.3, -0.25) is 4.79 Å². The van der Waals surface area contributed by atoms with E-state index in [1.54, 1.807) is 7.11 Å². The number of nitrogens with one attached hydrogen (secondary N) is 1. The molecular weight excluding hydrogens is 326 g/mol. The predicted molar refractivity (Wildman–Crippen MR) is 101 cm³/mol. The third kappa shape index (κ3) is 4.34. The summed E-state index contributed by atoms with van der Waals surface area (Å²) in [5.41, 5.74) is 2.63. The van der Waals surface area contributed by atoms with Crippen molar-refractivity contribution in [1.82, 2.24) is 5.32 Å². The number of ether oxygens (including phenoxy) is 1. The molecule has 0 radical (unpaired) electrons. The number of amides is 1. The number of nitriles is 1. The van der Waals surface area contributed by atoms with Crippen LogP contribution in [0.25, 0.3) is 0 Å². The van der Waals surface area contributed by atoms with Crippen LogP contribution in [0.5, 0.6) is 5.75 Å². The molecule has 3 rings (SSSR count). The Labute approximate surface area is 154 Å². The Bertz CT molecular complexity index is 805. The van der Waals surface area contributed by atoms with Crippen molar-refractivity contribution in [1.29, 1.82) is 5.26 Å². The highest BCUT2D eigenvalue weighted by atomic mass is 16.5. The van der Waals surface area contributed by atoms with Gasteiger partial charge in [-0.25, -0.2) is 0 Å². The zero-order valence-electron chi connectivity index (χ0n) is 14.9. The van der Waals surface area contributed by atoms with Crippen LogP contribution in [0.3, 0.4) is 0 Å². The van der Waals surface area contributed by atoms with Crippen molar-refractivity contribution < 1.29 is 9.53 Å². The second-order valence-corrected chi connectivity index (χ2v) is 6.49. The van der Waals surface area contributed by atoms with Crippen molar-refractivity contribution >= 4 is 11.6 Å². The summed E-state index contributed by atoms with van der Waals surface area (Å²) >= 11 is 0. The largest absolute Gasteiger partial charge is 0.497 e. The average molecular weight is 349 g/mol. The van der Waals surface area contributed by atoms with E-state index in [2.05, 4.69) is 16.3 Å². The fourth-order valence-electron chi connectivity index (χ4n) is 3.36. The van der Waals surface area contributed by atoms with Crippen molar-refractivity contribution in [2.75, 3.05) is 25.1 Å². The molecule has 0 unspecified atom stereocenters. The maximum atomic E-state index is 12.3. The number of carbonyl (C=O) groups is 1. The lowest BCUT2D eigenvalue weighted by Crippen LogP contribution is -2.45. The van der Waals surface area contributed by atoms with E-state index in [1.165, 1.54) is 0 Å². The highest BCUT2D eigenvalue weighted by molar-refractivity contribution is 5.79. The fourth-order valence-corrected chi connectivity index (χ4v) is 3.36. The molecule has 5 nitrogen and oxygen atoms in total. The molecule has 1 saturated heterocycles. The van der Waals surface area contributed by atoms with Crippen molar-refractivity contribution in [3.05, 3.63) is 59.7 Å². The molecule has 0 bridgehead atoms. The van der Waals surface area contributed by atoms with E-state index < -0.39 is 0 Å². The normalized spacial score (nSPS) is 14.5. The van der Waals surface area contributed by atoms with Gasteiger partial charge in [-0.05, 0) is 42.7 Å². The molecule has 26 heavy (non-hydrogen) atoms. The maximum absolute atomic E-state index is 12.3. The molecular formula is C21H23N3O2. The third-order valence-electron chi connectivity index (χ3n) is 4.72. The number of benzene rings is 2. The average Bonchev–Trinajstić information content (AvgIpc) is 2.68. The Balaban J connectivity index is 1.52. The lowest BCUT2D eigenvalue weighted by molar-refractivity contribution is -0.121. The summed E-state index contributed by atoms with van der Waals surface area (Å²) in [4.78, 5) is 14.5. The van der Waals surface area contributed by atoms with Crippen LogP contribution in [0.2, 0.25) is 0 Å². The Morgan fingerprint density at radius 1 is 1.23 bits per heavy atom. The van der Waals surface area contributed by atoms with Crippen LogP contribution in [0.1, 0.15) is 24.0 Å². The van der Waals surface area contributed by atoms with Gasteiger partial charge in [0, 0.05) is 19.1 Å². The highest BCUT2D eigenvalue weighted by Crippen LogP contribution is 2.23. The zero-order chi connectivity index (χ0) is 18.4. The third-order valence-corrected chi connectivity index (χ3v) is 4.72.